The molecular weight excluding hydrogens is 512 g/mol. The Labute approximate surface area is 248 Å². The molecule has 0 saturated carbocycles. The van der Waals surface area contributed by atoms with Crippen LogP contribution < -0.4 is 4.90 Å². The Bertz CT molecular complexity index is 1760. The zero-order chi connectivity index (χ0) is 28.6. The van der Waals surface area contributed by atoms with Crippen molar-refractivity contribution < 1.29 is 4.79 Å². The van der Waals surface area contributed by atoms with E-state index in [1.54, 1.807) is 0 Å². The first-order chi connectivity index (χ1) is 20.6. The van der Waals surface area contributed by atoms with E-state index < -0.39 is 0 Å². The third kappa shape index (κ3) is 4.79. The summed E-state index contributed by atoms with van der Waals surface area (Å²) in [4.78, 5) is 18.8. The average Bonchev–Trinajstić information content (AvgIpc) is 3.32. The van der Waals surface area contributed by atoms with Crippen LogP contribution in [0.15, 0.2) is 133 Å². The van der Waals surface area contributed by atoms with Gasteiger partial charge in [0.05, 0.1) is 12.0 Å². The maximum Gasteiger partial charge on any atom is 0.227 e. The van der Waals surface area contributed by atoms with Crippen LogP contribution in [0.4, 0.5) is 5.69 Å². The molecule has 1 aliphatic heterocycles. The number of fused-ring (bicyclic) bond motifs is 2. The summed E-state index contributed by atoms with van der Waals surface area (Å²) in [6.07, 6.45) is 5.52. The summed E-state index contributed by atoms with van der Waals surface area (Å²) in [7, 11) is 4.13. The molecule has 0 spiro atoms. The minimum atomic E-state index is -0.0958. The van der Waals surface area contributed by atoms with E-state index >= 15 is 0 Å². The molecule has 1 heterocycles. The zero-order valence-electron chi connectivity index (χ0n) is 24.2. The molecule has 0 aromatic heterocycles. The van der Waals surface area contributed by atoms with Gasteiger partial charge in [-0.2, -0.15) is 0 Å². The van der Waals surface area contributed by atoms with E-state index in [0.717, 1.165) is 6.42 Å². The second-order valence-corrected chi connectivity index (χ2v) is 11.9. The Morgan fingerprint density at radius 2 is 1.48 bits per heavy atom. The van der Waals surface area contributed by atoms with Crippen LogP contribution in [-0.4, -0.2) is 24.9 Å². The number of allylic oxidation sites excluding steroid dienone is 1. The lowest BCUT2D eigenvalue weighted by Gasteiger charge is -2.31. The SMILES string of the molecule is CN(C)c1ccc(-c2cccc([C@H]3CC=C[C@@H]4[C@@H]3C(=O)N(Cc3ccccc3)[C@H]4c3ccc4ccccc4c3)c2)cc1. The van der Waals surface area contributed by atoms with Crippen molar-refractivity contribution in [3.05, 3.63) is 150 Å². The van der Waals surface area contributed by atoms with Gasteiger partial charge in [-0.25, -0.2) is 0 Å². The van der Waals surface area contributed by atoms with E-state index in [4.69, 9.17) is 0 Å². The molecule has 208 valence electrons. The summed E-state index contributed by atoms with van der Waals surface area (Å²) in [6, 6.07) is 43.2. The number of carbonyl (C=O) groups is 1. The normalized spacial score (nSPS) is 21.5. The molecular formula is C39H36N2O. The molecule has 0 bridgehead atoms. The third-order valence-electron chi connectivity index (χ3n) is 9.21. The Balaban J connectivity index is 1.27. The fourth-order valence-corrected chi connectivity index (χ4v) is 7.09. The molecule has 1 saturated heterocycles. The second-order valence-electron chi connectivity index (χ2n) is 11.9. The molecule has 3 heteroatoms. The molecule has 0 radical (unpaired) electrons. The number of carbonyl (C=O) groups excluding carboxylic acids is 1. The Morgan fingerprint density at radius 3 is 2.26 bits per heavy atom. The first kappa shape index (κ1) is 26.3. The van der Waals surface area contributed by atoms with E-state index in [2.05, 4.69) is 151 Å². The fraction of sp³-hybridized carbons (Fsp3) is 0.205. The van der Waals surface area contributed by atoms with E-state index in [9.17, 15) is 4.79 Å². The van der Waals surface area contributed by atoms with Gasteiger partial charge in [0.25, 0.3) is 0 Å². The highest BCUT2D eigenvalue weighted by Crippen LogP contribution is 2.52. The molecule has 5 aromatic carbocycles. The van der Waals surface area contributed by atoms with Gasteiger partial charge in [-0.15, -0.1) is 0 Å². The summed E-state index contributed by atoms with van der Waals surface area (Å²) < 4.78 is 0. The van der Waals surface area contributed by atoms with Crippen molar-refractivity contribution in [1.29, 1.82) is 0 Å². The van der Waals surface area contributed by atoms with Gasteiger partial charge in [0.15, 0.2) is 0 Å². The minimum absolute atomic E-state index is 0.00637. The molecule has 0 unspecified atom stereocenters. The van der Waals surface area contributed by atoms with E-state index in [1.165, 1.54) is 44.3 Å². The van der Waals surface area contributed by atoms with Gasteiger partial charge in [0.1, 0.15) is 0 Å². The first-order valence-corrected chi connectivity index (χ1v) is 14.9. The van der Waals surface area contributed by atoms with Crippen molar-refractivity contribution in [3.63, 3.8) is 0 Å². The number of nitrogens with zero attached hydrogens (tertiary/aromatic N) is 2. The smallest absolute Gasteiger partial charge is 0.227 e. The van der Waals surface area contributed by atoms with Crippen LogP contribution in [0.5, 0.6) is 0 Å². The van der Waals surface area contributed by atoms with E-state index in [0.29, 0.717) is 6.54 Å². The molecule has 3 nitrogen and oxygen atoms in total. The summed E-state index contributed by atoms with van der Waals surface area (Å²) in [6.45, 7) is 0.614. The van der Waals surface area contributed by atoms with Crippen molar-refractivity contribution in [2.24, 2.45) is 11.8 Å². The number of amides is 1. The highest BCUT2D eigenvalue weighted by Gasteiger charge is 2.51. The molecule has 42 heavy (non-hydrogen) atoms. The van der Waals surface area contributed by atoms with Gasteiger partial charge in [0, 0.05) is 32.2 Å². The lowest BCUT2D eigenvalue weighted by molar-refractivity contribution is -0.133. The van der Waals surface area contributed by atoms with Crippen LogP contribution in [0.2, 0.25) is 0 Å². The number of hydrogen-bond acceptors (Lipinski definition) is 2. The average molecular weight is 549 g/mol. The van der Waals surface area contributed by atoms with Crippen LogP contribution in [-0.2, 0) is 11.3 Å². The van der Waals surface area contributed by atoms with Gasteiger partial charge in [-0.1, -0.05) is 115 Å². The molecule has 1 fully saturated rings. The minimum Gasteiger partial charge on any atom is -0.378 e. The van der Waals surface area contributed by atoms with Gasteiger partial charge >= 0.3 is 0 Å². The predicted octanol–water partition coefficient (Wildman–Crippen LogP) is 8.63. The lowest BCUT2D eigenvalue weighted by Crippen LogP contribution is -2.31. The monoisotopic (exact) mass is 548 g/mol. The molecule has 4 atom stereocenters. The Kier molecular flexibility index (Phi) is 6.87. The number of hydrogen-bond donors (Lipinski definition) is 0. The Morgan fingerprint density at radius 1 is 0.714 bits per heavy atom. The summed E-state index contributed by atoms with van der Waals surface area (Å²) in [5.41, 5.74) is 7.20. The molecule has 1 aliphatic carbocycles. The van der Waals surface area contributed by atoms with Crippen molar-refractivity contribution in [3.8, 4) is 11.1 Å². The largest absolute Gasteiger partial charge is 0.378 e. The number of rotatable bonds is 6. The quantitative estimate of drug-likeness (QED) is 0.198. The molecule has 7 rings (SSSR count). The van der Waals surface area contributed by atoms with Gasteiger partial charge in [-0.3, -0.25) is 4.79 Å². The summed E-state index contributed by atoms with van der Waals surface area (Å²) in [5.74, 6) is 0.417. The number of likely N-dealkylation sites (tertiary alicyclic amines) is 1. The molecule has 5 aromatic rings. The highest BCUT2D eigenvalue weighted by molar-refractivity contribution is 5.86. The van der Waals surface area contributed by atoms with E-state index in [-0.39, 0.29) is 29.7 Å². The van der Waals surface area contributed by atoms with Crippen LogP contribution >= 0.6 is 0 Å². The molecule has 0 N–H and O–H groups in total. The maximum atomic E-state index is 14.5. The summed E-state index contributed by atoms with van der Waals surface area (Å²) >= 11 is 0. The zero-order valence-corrected chi connectivity index (χ0v) is 24.2. The lowest BCUT2D eigenvalue weighted by atomic mass is 9.71. The fourth-order valence-electron chi connectivity index (χ4n) is 7.09. The van der Waals surface area contributed by atoms with Crippen molar-refractivity contribution in [2.75, 3.05) is 19.0 Å². The highest BCUT2D eigenvalue weighted by atomic mass is 16.2. The maximum absolute atomic E-state index is 14.5. The number of anilines is 1. The molecule has 2 aliphatic rings. The van der Waals surface area contributed by atoms with Gasteiger partial charge in [0.2, 0.25) is 5.91 Å². The first-order valence-electron chi connectivity index (χ1n) is 14.9. The van der Waals surface area contributed by atoms with Gasteiger partial charge in [-0.05, 0) is 69.1 Å². The van der Waals surface area contributed by atoms with E-state index in [1.807, 2.05) is 6.07 Å². The van der Waals surface area contributed by atoms with Crippen LogP contribution in [0.1, 0.15) is 35.1 Å². The van der Waals surface area contributed by atoms with Crippen LogP contribution in [0.25, 0.3) is 21.9 Å². The summed E-state index contributed by atoms with van der Waals surface area (Å²) in [5, 5.41) is 2.44. The number of benzene rings is 5. The Hall–Kier alpha value is -4.63. The topological polar surface area (TPSA) is 23.6 Å². The second kappa shape index (κ2) is 11.0. The van der Waals surface area contributed by atoms with Crippen molar-refractivity contribution in [1.82, 2.24) is 4.90 Å². The third-order valence-corrected chi connectivity index (χ3v) is 9.21. The predicted molar refractivity (Wildman–Crippen MR) is 173 cm³/mol. The van der Waals surface area contributed by atoms with Crippen LogP contribution in [0.3, 0.4) is 0 Å². The van der Waals surface area contributed by atoms with Crippen LogP contribution in [0, 0.1) is 11.8 Å². The molecule has 1 amide bonds. The van der Waals surface area contributed by atoms with Crippen molar-refractivity contribution >= 4 is 22.4 Å². The van der Waals surface area contributed by atoms with Crippen molar-refractivity contribution in [2.45, 2.75) is 24.9 Å². The van der Waals surface area contributed by atoms with Gasteiger partial charge < -0.3 is 9.80 Å². The standard InChI is InChI=1S/C39H36N2O/c1-40(2)34-22-20-29(21-23-34)31-14-8-15-32(24-31)35-16-9-17-36-37(35)39(42)41(26-27-10-4-3-5-11-27)38(36)33-19-18-28-12-6-7-13-30(28)25-33/h3-15,17-25,35-38H,16,26H2,1-2H3/t35-,36-,37-,38+/m1/s1.